The Morgan fingerprint density at radius 2 is 1.82 bits per heavy atom. The zero-order chi connectivity index (χ0) is 23.9. The van der Waals surface area contributed by atoms with Crippen molar-refractivity contribution in [2.24, 2.45) is 10.3 Å². The summed E-state index contributed by atoms with van der Waals surface area (Å²) >= 11 is 0. The number of amides is 1. The van der Waals surface area contributed by atoms with Crippen LogP contribution in [0.3, 0.4) is 0 Å². The van der Waals surface area contributed by atoms with Gasteiger partial charge in [0.15, 0.2) is 5.84 Å². The minimum atomic E-state index is -3.64. The Balaban J connectivity index is 1.20. The van der Waals surface area contributed by atoms with Crippen LogP contribution in [0, 0.1) is 5.92 Å². The fourth-order valence-corrected chi connectivity index (χ4v) is 6.36. The van der Waals surface area contributed by atoms with Gasteiger partial charge in [-0.15, -0.1) is 4.40 Å². The van der Waals surface area contributed by atoms with Crippen LogP contribution in [0.2, 0.25) is 0 Å². The molecule has 0 saturated carbocycles. The van der Waals surface area contributed by atoms with Crippen LogP contribution in [-0.2, 0) is 14.8 Å². The van der Waals surface area contributed by atoms with E-state index >= 15 is 0 Å². The van der Waals surface area contributed by atoms with E-state index in [4.69, 9.17) is 4.74 Å². The molecule has 1 saturated heterocycles. The number of likely N-dealkylation sites (N-methyl/N-ethyl adjacent to an activating group) is 2. The topological polar surface area (TPSA) is 82.5 Å². The molecule has 3 aliphatic heterocycles. The number of hydrogen-bond donors (Lipinski definition) is 0. The summed E-state index contributed by atoms with van der Waals surface area (Å²) in [6, 6.07) is 15.0. The van der Waals surface area contributed by atoms with Crippen molar-refractivity contribution < 1.29 is 17.9 Å². The lowest BCUT2D eigenvalue weighted by atomic mass is 9.94. The number of amidine groups is 1. The van der Waals surface area contributed by atoms with Gasteiger partial charge in [-0.25, -0.2) is 0 Å². The Bertz CT molecular complexity index is 1220. The van der Waals surface area contributed by atoms with Crippen molar-refractivity contribution in [3.63, 3.8) is 0 Å². The second-order valence-electron chi connectivity index (χ2n) is 9.11. The Morgan fingerprint density at radius 1 is 1.12 bits per heavy atom. The molecule has 1 atom stereocenters. The molecule has 2 aromatic carbocycles. The number of likely N-dealkylation sites (tertiary alicyclic amines) is 1. The normalized spacial score (nSPS) is 21.4. The zero-order valence-corrected chi connectivity index (χ0v) is 20.4. The van der Waals surface area contributed by atoms with E-state index in [1.165, 1.54) is 0 Å². The van der Waals surface area contributed by atoms with Crippen molar-refractivity contribution >= 4 is 27.5 Å². The van der Waals surface area contributed by atoms with Crippen molar-refractivity contribution in [2.45, 2.75) is 30.8 Å². The van der Waals surface area contributed by atoms with Gasteiger partial charge in [-0.05, 0) is 44.0 Å². The SMILES string of the molecule is CCN1CC(CN(C)C(=O)C2CCN(C3=NS(=O)(=O)c4ccccc43)CC2)Oc2ccccc21. The molecule has 8 nitrogen and oxygen atoms in total. The van der Waals surface area contributed by atoms with E-state index in [1.54, 1.807) is 23.1 Å². The van der Waals surface area contributed by atoms with Crippen LogP contribution in [0.15, 0.2) is 57.8 Å². The molecule has 1 unspecified atom stereocenters. The number of sulfonamides is 1. The lowest BCUT2D eigenvalue weighted by Gasteiger charge is -2.38. The van der Waals surface area contributed by atoms with Gasteiger partial charge in [0.2, 0.25) is 5.91 Å². The van der Waals surface area contributed by atoms with Crippen LogP contribution in [0.5, 0.6) is 5.75 Å². The number of hydrogen-bond acceptors (Lipinski definition) is 6. The molecule has 0 spiro atoms. The van der Waals surface area contributed by atoms with Gasteiger partial charge >= 0.3 is 0 Å². The van der Waals surface area contributed by atoms with E-state index in [1.807, 2.05) is 36.2 Å². The first-order valence-electron chi connectivity index (χ1n) is 11.8. The van der Waals surface area contributed by atoms with Crippen molar-refractivity contribution in [3.05, 3.63) is 54.1 Å². The summed E-state index contributed by atoms with van der Waals surface area (Å²) < 4.78 is 35.0. The number of rotatable bonds is 4. The number of nitrogens with zero attached hydrogens (tertiary/aromatic N) is 4. The first kappa shape index (κ1) is 22.7. The maximum Gasteiger partial charge on any atom is 0.285 e. The highest BCUT2D eigenvalue weighted by Crippen LogP contribution is 2.33. The van der Waals surface area contributed by atoms with Gasteiger partial charge < -0.3 is 19.4 Å². The van der Waals surface area contributed by atoms with Crippen molar-refractivity contribution in [1.82, 2.24) is 9.80 Å². The summed E-state index contributed by atoms with van der Waals surface area (Å²) in [4.78, 5) is 19.5. The van der Waals surface area contributed by atoms with Crippen LogP contribution in [0.1, 0.15) is 25.3 Å². The van der Waals surface area contributed by atoms with Gasteiger partial charge in [-0.1, -0.05) is 24.3 Å². The van der Waals surface area contributed by atoms with Crippen LogP contribution >= 0.6 is 0 Å². The summed E-state index contributed by atoms with van der Waals surface area (Å²) in [5, 5.41) is 0. The Hall–Kier alpha value is -3.07. The molecular formula is C25H30N4O4S. The highest BCUT2D eigenvalue weighted by atomic mass is 32.2. The van der Waals surface area contributed by atoms with E-state index in [9.17, 15) is 13.2 Å². The molecule has 0 aliphatic carbocycles. The molecular weight excluding hydrogens is 452 g/mol. The van der Waals surface area contributed by atoms with E-state index in [-0.39, 0.29) is 22.8 Å². The second kappa shape index (κ2) is 8.94. The van der Waals surface area contributed by atoms with E-state index in [2.05, 4.69) is 22.3 Å². The number of benzene rings is 2. The van der Waals surface area contributed by atoms with Gasteiger partial charge in [0, 0.05) is 38.2 Å². The molecule has 3 aliphatic rings. The molecule has 0 bridgehead atoms. The molecule has 3 heterocycles. The predicted octanol–water partition coefficient (Wildman–Crippen LogP) is 2.59. The standard InChI is InChI=1S/C25H30N4O4S/c1-3-28-17-19(33-22-10-6-5-9-21(22)28)16-27(2)25(30)18-12-14-29(15-13-18)24-20-8-4-7-11-23(20)34(31,32)26-24/h4-11,18-19H,3,12-17H2,1-2H3. The lowest BCUT2D eigenvalue weighted by molar-refractivity contribution is -0.136. The molecule has 180 valence electrons. The number of ether oxygens (including phenoxy) is 1. The molecule has 9 heteroatoms. The number of fused-ring (bicyclic) bond motifs is 2. The highest BCUT2D eigenvalue weighted by Gasteiger charge is 2.35. The fourth-order valence-electron chi connectivity index (χ4n) is 5.14. The highest BCUT2D eigenvalue weighted by molar-refractivity contribution is 7.90. The summed E-state index contributed by atoms with van der Waals surface area (Å²) in [5.74, 6) is 1.39. The molecule has 5 rings (SSSR count). The summed E-state index contributed by atoms with van der Waals surface area (Å²) in [7, 11) is -1.79. The van der Waals surface area contributed by atoms with E-state index < -0.39 is 10.0 Å². The molecule has 0 N–H and O–H groups in total. The smallest absolute Gasteiger partial charge is 0.285 e. The maximum absolute atomic E-state index is 13.2. The predicted molar refractivity (Wildman–Crippen MR) is 131 cm³/mol. The Labute approximate surface area is 200 Å². The molecule has 2 aromatic rings. The molecule has 0 aromatic heterocycles. The average molecular weight is 483 g/mol. The first-order chi connectivity index (χ1) is 16.4. The van der Waals surface area contributed by atoms with Crippen LogP contribution < -0.4 is 9.64 Å². The van der Waals surface area contributed by atoms with Gasteiger partial charge in [-0.2, -0.15) is 8.42 Å². The second-order valence-corrected chi connectivity index (χ2v) is 10.7. The van der Waals surface area contributed by atoms with Gasteiger partial charge in [0.05, 0.1) is 18.8 Å². The minimum Gasteiger partial charge on any atom is -0.485 e. The minimum absolute atomic E-state index is 0.0848. The number of para-hydroxylation sites is 2. The third kappa shape index (κ3) is 4.13. The molecule has 34 heavy (non-hydrogen) atoms. The van der Waals surface area contributed by atoms with Crippen LogP contribution in [0.25, 0.3) is 0 Å². The Morgan fingerprint density at radius 3 is 2.59 bits per heavy atom. The van der Waals surface area contributed by atoms with Crippen molar-refractivity contribution in [2.75, 3.05) is 44.7 Å². The maximum atomic E-state index is 13.2. The number of carbonyl (C=O) groups is 1. The van der Waals surface area contributed by atoms with Crippen LogP contribution in [0.4, 0.5) is 5.69 Å². The number of piperidine rings is 1. The summed E-state index contributed by atoms with van der Waals surface area (Å²) in [6.45, 7) is 5.49. The lowest BCUT2D eigenvalue weighted by Crippen LogP contribution is -2.49. The van der Waals surface area contributed by atoms with E-state index in [0.29, 0.717) is 43.9 Å². The van der Waals surface area contributed by atoms with Crippen molar-refractivity contribution in [3.8, 4) is 5.75 Å². The molecule has 0 radical (unpaired) electrons. The quantitative estimate of drug-likeness (QED) is 0.666. The van der Waals surface area contributed by atoms with Gasteiger partial charge in [0.25, 0.3) is 10.0 Å². The monoisotopic (exact) mass is 482 g/mol. The largest absolute Gasteiger partial charge is 0.485 e. The van der Waals surface area contributed by atoms with Crippen molar-refractivity contribution in [1.29, 1.82) is 0 Å². The van der Waals surface area contributed by atoms with Gasteiger partial charge in [-0.3, -0.25) is 4.79 Å². The summed E-state index contributed by atoms with van der Waals surface area (Å²) in [5.41, 5.74) is 1.75. The number of carbonyl (C=O) groups excluding carboxylic acids is 1. The Kier molecular flexibility index (Phi) is 5.97. The third-order valence-corrected chi connectivity index (χ3v) is 8.24. The third-order valence-electron chi connectivity index (χ3n) is 6.92. The molecule has 1 amide bonds. The average Bonchev–Trinajstić information content (AvgIpc) is 3.14. The zero-order valence-electron chi connectivity index (χ0n) is 19.6. The molecule has 1 fully saturated rings. The van der Waals surface area contributed by atoms with E-state index in [0.717, 1.165) is 24.5 Å². The first-order valence-corrected chi connectivity index (χ1v) is 13.3. The van der Waals surface area contributed by atoms with Crippen LogP contribution in [-0.4, -0.2) is 75.8 Å². The van der Waals surface area contributed by atoms with Gasteiger partial charge in [0.1, 0.15) is 16.7 Å². The number of anilines is 1. The fraction of sp³-hybridized carbons (Fsp3) is 0.440. The summed E-state index contributed by atoms with van der Waals surface area (Å²) in [6.07, 6.45) is 1.25.